The number of nitrogens with zero attached hydrogens (tertiary/aromatic N) is 3. The molecule has 106 valence electrons. The average Bonchev–Trinajstić information content (AvgIpc) is 2.47. The van der Waals surface area contributed by atoms with E-state index < -0.39 is 0 Å². The minimum Gasteiger partial charge on any atom is -0.481 e. The monoisotopic (exact) mass is 269 g/mol. The molecule has 0 unspecified atom stereocenters. The van der Waals surface area contributed by atoms with Crippen LogP contribution in [0.25, 0.3) is 0 Å². The quantitative estimate of drug-likeness (QED) is 0.636. The molecular weight excluding hydrogens is 250 g/mol. The molecule has 19 heavy (non-hydrogen) atoms. The molecule has 0 saturated heterocycles. The van der Waals surface area contributed by atoms with Gasteiger partial charge in [-0.15, -0.1) is 0 Å². The van der Waals surface area contributed by atoms with Crippen molar-refractivity contribution in [3.8, 4) is 5.88 Å². The van der Waals surface area contributed by atoms with E-state index in [2.05, 4.69) is 14.7 Å². The van der Waals surface area contributed by atoms with Gasteiger partial charge in [0.25, 0.3) is 0 Å². The van der Waals surface area contributed by atoms with E-state index in [-0.39, 0.29) is 12.4 Å². The molecule has 1 aromatic heterocycles. The topological polar surface area (TPSA) is 73.8 Å². The van der Waals surface area contributed by atoms with E-state index in [0.29, 0.717) is 31.5 Å². The number of hydrogen-bond donors (Lipinski definition) is 0. The molecule has 0 fully saturated rings. The maximum atomic E-state index is 11.2. The van der Waals surface area contributed by atoms with E-state index in [0.717, 1.165) is 0 Å². The Kier molecular flexibility index (Phi) is 6.59. The predicted molar refractivity (Wildman–Crippen MR) is 69.3 cm³/mol. The number of carbonyl (C=O) groups excluding carboxylic acids is 1. The first-order valence-electron chi connectivity index (χ1n) is 5.89. The molecule has 0 aliphatic rings. The lowest BCUT2D eigenvalue weighted by Crippen LogP contribution is -2.31. The summed E-state index contributed by atoms with van der Waals surface area (Å²) in [4.78, 5) is 21.5. The molecule has 0 saturated carbocycles. The third kappa shape index (κ3) is 5.09. The first-order chi connectivity index (χ1) is 9.21. The molecule has 0 atom stereocenters. The number of aromatic nitrogens is 2. The van der Waals surface area contributed by atoms with Gasteiger partial charge in [-0.2, -0.15) is 4.98 Å². The van der Waals surface area contributed by atoms with Crippen LogP contribution < -0.4 is 9.64 Å². The molecule has 0 bridgehead atoms. The zero-order chi connectivity index (χ0) is 14.1. The number of carbonyl (C=O) groups is 1. The van der Waals surface area contributed by atoms with Crippen LogP contribution in [0.1, 0.15) is 6.42 Å². The molecular formula is C12H19N3O4. The van der Waals surface area contributed by atoms with Crippen LogP contribution in [0.4, 0.5) is 5.95 Å². The number of methoxy groups -OCH3 is 3. The fraction of sp³-hybridized carbons (Fsp3) is 0.583. The SMILES string of the molecule is COCCN(CCC(=O)OC)c1nccc(OC)n1. The summed E-state index contributed by atoms with van der Waals surface area (Å²) in [6.45, 7) is 1.56. The first kappa shape index (κ1) is 15.2. The van der Waals surface area contributed by atoms with Crippen molar-refractivity contribution in [3.05, 3.63) is 12.3 Å². The van der Waals surface area contributed by atoms with Gasteiger partial charge in [0, 0.05) is 32.5 Å². The van der Waals surface area contributed by atoms with Gasteiger partial charge in [0.1, 0.15) is 0 Å². The van der Waals surface area contributed by atoms with Crippen LogP contribution in [0.5, 0.6) is 5.88 Å². The number of hydrogen-bond acceptors (Lipinski definition) is 7. The Balaban J connectivity index is 2.73. The highest BCUT2D eigenvalue weighted by molar-refractivity contribution is 5.69. The van der Waals surface area contributed by atoms with Crippen LogP contribution >= 0.6 is 0 Å². The van der Waals surface area contributed by atoms with Gasteiger partial charge in [0.2, 0.25) is 11.8 Å². The number of esters is 1. The van der Waals surface area contributed by atoms with Crippen LogP contribution in [0.3, 0.4) is 0 Å². The van der Waals surface area contributed by atoms with Crippen molar-refractivity contribution in [1.29, 1.82) is 0 Å². The van der Waals surface area contributed by atoms with Gasteiger partial charge in [-0.3, -0.25) is 4.79 Å². The molecule has 0 aliphatic heterocycles. The van der Waals surface area contributed by atoms with Gasteiger partial charge in [-0.05, 0) is 0 Å². The second-order valence-electron chi connectivity index (χ2n) is 3.70. The van der Waals surface area contributed by atoms with Crippen molar-refractivity contribution < 1.29 is 19.0 Å². The number of anilines is 1. The lowest BCUT2D eigenvalue weighted by atomic mass is 10.4. The van der Waals surface area contributed by atoms with Crippen LogP contribution in [0.15, 0.2) is 12.3 Å². The molecule has 0 amide bonds. The van der Waals surface area contributed by atoms with Gasteiger partial charge in [-0.1, -0.05) is 0 Å². The Morgan fingerprint density at radius 1 is 1.32 bits per heavy atom. The summed E-state index contributed by atoms with van der Waals surface area (Å²) in [5, 5.41) is 0. The van der Waals surface area contributed by atoms with Crippen molar-refractivity contribution in [2.24, 2.45) is 0 Å². The van der Waals surface area contributed by atoms with Gasteiger partial charge in [0.15, 0.2) is 0 Å². The van der Waals surface area contributed by atoms with E-state index >= 15 is 0 Å². The van der Waals surface area contributed by atoms with Gasteiger partial charge >= 0.3 is 5.97 Å². The van der Waals surface area contributed by atoms with E-state index in [1.165, 1.54) is 7.11 Å². The Morgan fingerprint density at radius 2 is 2.11 bits per heavy atom. The third-order valence-corrected chi connectivity index (χ3v) is 2.49. The molecule has 7 heteroatoms. The minimum absolute atomic E-state index is 0.265. The van der Waals surface area contributed by atoms with Crippen LogP contribution in [0, 0.1) is 0 Å². The lowest BCUT2D eigenvalue weighted by Gasteiger charge is -2.21. The standard InChI is InChI=1S/C12H19N3O4/c1-17-9-8-15(7-5-11(16)19-3)12-13-6-4-10(14-12)18-2/h4,6H,5,7-9H2,1-3H3. The van der Waals surface area contributed by atoms with Crippen LogP contribution in [0.2, 0.25) is 0 Å². The fourth-order valence-corrected chi connectivity index (χ4v) is 1.44. The summed E-state index contributed by atoms with van der Waals surface area (Å²) in [6, 6.07) is 1.66. The van der Waals surface area contributed by atoms with E-state index in [1.807, 2.05) is 4.90 Å². The Bertz CT molecular complexity index is 400. The van der Waals surface area contributed by atoms with Crippen molar-refractivity contribution >= 4 is 11.9 Å². The van der Waals surface area contributed by atoms with Crippen LogP contribution in [-0.4, -0.2) is 57.0 Å². The Hall–Kier alpha value is -1.89. The normalized spacial score (nSPS) is 10.1. The summed E-state index contributed by atoms with van der Waals surface area (Å²) in [6.07, 6.45) is 1.87. The summed E-state index contributed by atoms with van der Waals surface area (Å²) >= 11 is 0. The maximum Gasteiger partial charge on any atom is 0.307 e. The zero-order valence-electron chi connectivity index (χ0n) is 11.5. The van der Waals surface area contributed by atoms with Crippen molar-refractivity contribution in [3.63, 3.8) is 0 Å². The maximum absolute atomic E-state index is 11.2. The Morgan fingerprint density at radius 3 is 2.74 bits per heavy atom. The lowest BCUT2D eigenvalue weighted by molar-refractivity contribution is -0.140. The molecule has 0 spiro atoms. The molecule has 1 heterocycles. The number of rotatable bonds is 8. The summed E-state index contributed by atoms with van der Waals surface area (Å²) in [5.74, 6) is 0.705. The highest BCUT2D eigenvalue weighted by Gasteiger charge is 2.12. The van der Waals surface area contributed by atoms with Gasteiger partial charge in [0.05, 0.1) is 27.2 Å². The van der Waals surface area contributed by atoms with E-state index in [4.69, 9.17) is 9.47 Å². The van der Waals surface area contributed by atoms with Crippen LogP contribution in [-0.2, 0) is 14.3 Å². The molecule has 0 radical (unpaired) electrons. The smallest absolute Gasteiger partial charge is 0.307 e. The molecule has 1 aromatic rings. The molecule has 0 N–H and O–H groups in total. The van der Waals surface area contributed by atoms with Crippen molar-refractivity contribution in [2.45, 2.75) is 6.42 Å². The Labute approximate surface area is 112 Å². The first-order valence-corrected chi connectivity index (χ1v) is 5.89. The van der Waals surface area contributed by atoms with Crippen molar-refractivity contribution in [2.75, 3.05) is 45.9 Å². The van der Waals surface area contributed by atoms with Crippen molar-refractivity contribution in [1.82, 2.24) is 9.97 Å². The summed E-state index contributed by atoms with van der Waals surface area (Å²) in [7, 11) is 4.52. The fourth-order valence-electron chi connectivity index (χ4n) is 1.44. The van der Waals surface area contributed by atoms with E-state index in [9.17, 15) is 4.79 Å². The van der Waals surface area contributed by atoms with Gasteiger partial charge in [-0.25, -0.2) is 4.98 Å². The highest BCUT2D eigenvalue weighted by Crippen LogP contribution is 2.12. The molecule has 1 rings (SSSR count). The number of ether oxygens (including phenoxy) is 3. The molecule has 7 nitrogen and oxygen atoms in total. The summed E-state index contributed by atoms with van der Waals surface area (Å²) < 4.78 is 14.7. The zero-order valence-corrected chi connectivity index (χ0v) is 11.5. The highest BCUT2D eigenvalue weighted by atomic mass is 16.5. The average molecular weight is 269 g/mol. The van der Waals surface area contributed by atoms with E-state index in [1.54, 1.807) is 26.5 Å². The largest absolute Gasteiger partial charge is 0.481 e. The predicted octanol–water partition coefficient (Wildman–Crippen LogP) is 0.501. The third-order valence-electron chi connectivity index (χ3n) is 2.49. The minimum atomic E-state index is -0.273. The summed E-state index contributed by atoms with van der Waals surface area (Å²) in [5.41, 5.74) is 0. The second kappa shape index (κ2) is 8.25. The molecule has 0 aliphatic carbocycles. The second-order valence-corrected chi connectivity index (χ2v) is 3.70. The van der Waals surface area contributed by atoms with Gasteiger partial charge < -0.3 is 19.1 Å². The molecule has 0 aromatic carbocycles.